The van der Waals surface area contributed by atoms with Gasteiger partial charge in [0.2, 0.25) is 0 Å². The fourth-order valence-electron chi connectivity index (χ4n) is 2.15. The molecule has 3 nitrogen and oxygen atoms in total. The third-order valence-electron chi connectivity index (χ3n) is 3.49. The number of nitrogens with two attached hydrogens (primary N) is 1. The van der Waals surface area contributed by atoms with Crippen molar-refractivity contribution < 1.29 is 4.39 Å². The number of aryl methyl sites for hydroxylation is 1. The molecular formula is C17H18FN3. The number of nitriles is 1. The molecule has 0 saturated heterocycles. The van der Waals surface area contributed by atoms with E-state index >= 15 is 0 Å². The lowest BCUT2D eigenvalue weighted by atomic mass is 10.0. The Labute approximate surface area is 124 Å². The molecule has 3 N–H and O–H groups in total. The lowest BCUT2D eigenvalue weighted by molar-refractivity contribution is 0.614. The van der Waals surface area contributed by atoms with E-state index in [0.717, 1.165) is 16.8 Å². The Morgan fingerprint density at radius 3 is 2.71 bits per heavy atom. The van der Waals surface area contributed by atoms with Crippen molar-refractivity contribution >= 4 is 11.4 Å². The Kier molecular flexibility index (Phi) is 4.44. The van der Waals surface area contributed by atoms with E-state index in [2.05, 4.69) is 11.4 Å². The summed E-state index contributed by atoms with van der Waals surface area (Å²) in [4.78, 5) is 0. The van der Waals surface area contributed by atoms with E-state index in [-0.39, 0.29) is 18.3 Å². The quantitative estimate of drug-likeness (QED) is 0.835. The van der Waals surface area contributed by atoms with Crippen molar-refractivity contribution in [2.75, 3.05) is 11.1 Å². The van der Waals surface area contributed by atoms with E-state index in [4.69, 9.17) is 11.0 Å². The van der Waals surface area contributed by atoms with Crippen molar-refractivity contribution in [1.29, 1.82) is 5.26 Å². The summed E-state index contributed by atoms with van der Waals surface area (Å²) < 4.78 is 13.6. The molecule has 1 atom stereocenters. The van der Waals surface area contributed by atoms with Crippen LogP contribution in [0.2, 0.25) is 0 Å². The molecule has 2 aromatic carbocycles. The number of hydrogen-bond acceptors (Lipinski definition) is 3. The molecule has 0 fully saturated rings. The van der Waals surface area contributed by atoms with Gasteiger partial charge in [0.15, 0.2) is 0 Å². The maximum atomic E-state index is 13.6. The summed E-state index contributed by atoms with van der Waals surface area (Å²) in [5, 5.41) is 12.1. The van der Waals surface area contributed by atoms with Gasteiger partial charge in [-0.25, -0.2) is 4.39 Å². The van der Waals surface area contributed by atoms with Crippen LogP contribution < -0.4 is 11.1 Å². The fourth-order valence-corrected chi connectivity index (χ4v) is 2.15. The van der Waals surface area contributed by atoms with Gasteiger partial charge in [0.25, 0.3) is 0 Å². The summed E-state index contributed by atoms with van der Waals surface area (Å²) in [7, 11) is 0. The van der Waals surface area contributed by atoms with Crippen LogP contribution in [0.3, 0.4) is 0 Å². The van der Waals surface area contributed by atoms with Crippen LogP contribution in [0.5, 0.6) is 0 Å². The van der Waals surface area contributed by atoms with Crippen LogP contribution in [-0.2, 0) is 6.42 Å². The van der Waals surface area contributed by atoms with Crippen LogP contribution in [0.25, 0.3) is 0 Å². The molecule has 0 aliphatic heterocycles. The highest BCUT2D eigenvalue weighted by atomic mass is 19.1. The zero-order valence-corrected chi connectivity index (χ0v) is 12.2. The lowest BCUT2D eigenvalue weighted by Crippen LogP contribution is -2.08. The van der Waals surface area contributed by atoms with Crippen LogP contribution in [0, 0.1) is 24.1 Å². The Bertz CT molecular complexity index is 689. The fraction of sp³-hybridized carbons (Fsp3) is 0.235. The van der Waals surface area contributed by atoms with Crippen molar-refractivity contribution in [3.8, 4) is 6.07 Å². The second kappa shape index (κ2) is 6.27. The summed E-state index contributed by atoms with van der Waals surface area (Å²) in [5.41, 5.74) is 9.60. The molecular weight excluding hydrogens is 265 g/mol. The monoisotopic (exact) mass is 283 g/mol. The van der Waals surface area contributed by atoms with Crippen molar-refractivity contribution in [3.05, 3.63) is 58.9 Å². The van der Waals surface area contributed by atoms with E-state index in [9.17, 15) is 4.39 Å². The molecule has 21 heavy (non-hydrogen) atoms. The van der Waals surface area contributed by atoms with Crippen molar-refractivity contribution in [2.24, 2.45) is 0 Å². The molecule has 1 unspecified atom stereocenters. The highest BCUT2D eigenvalue weighted by molar-refractivity contribution is 5.58. The van der Waals surface area contributed by atoms with E-state index in [0.29, 0.717) is 11.3 Å². The molecule has 0 heterocycles. The Morgan fingerprint density at radius 1 is 1.29 bits per heavy atom. The zero-order valence-electron chi connectivity index (χ0n) is 12.2. The number of rotatable bonds is 4. The normalized spacial score (nSPS) is 11.7. The third kappa shape index (κ3) is 3.51. The molecule has 4 heteroatoms. The summed E-state index contributed by atoms with van der Waals surface area (Å²) in [6, 6.07) is 12.8. The molecule has 0 saturated carbocycles. The van der Waals surface area contributed by atoms with Crippen LogP contribution >= 0.6 is 0 Å². The molecule has 0 aliphatic carbocycles. The third-order valence-corrected chi connectivity index (χ3v) is 3.49. The molecule has 108 valence electrons. The lowest BCUT2D eigenvalue weighted by Gasteiger charge is -2.17. The topological polar surface area (TPSA) is 61.8 Å². The first-order valence-corrected chi connectivity index (χ1v) is 6.79. The standard InChI is InChI=1S/C17H18FN3/c1-11-3-4-13(10-16(11)18)12(2)21-15-5-6-17(20)14(9-15)7-8-19/h3-6,9-10,12,21H,7,20H2,1-2H3. The first kappa shape index (κ1) is 14.9. The number of hydrogen-bond donors (Lipinski definition) is 2. The van der Waals surface area contributed by atoms with Crippen LogP contribution in [0.15, 0.2) is 36.4 Å². The van der Waals surface area contributed by atoms with Gasteiger partial charge in [-0.1, -0.05) is 12.1 Å². The average molecular weight is 283 g/mol. The molecule has 0 aromatic heterocycles. The molecule has 2 aromatic rings. The van der Waals surface area contributed by atoms with Crippen LogP contribution in [0.4, 0.5) is 15.8 Å². The van der Waals surface area contributed by atoms with Gasteiger partial charge >= 0.3 is 0 Å². The van der Waals surface area contributed by atoms with E-state index in [1.807, 2.05) is 25.1 Å². The number of nitrogen functional groups attached to an aromatic ring is 1. The minimum Gasteiger partial charge on any atom is -0.398 e. The smallest absolute Gasteiger partial charge is 0.126 e. The van der Waals surface area contributed by atoms with Crippen LogP contribution in [-0.4, -0.2) is 0 Å². The van der Waals surface area contributed by atoms with Gasteiger partial charge in [0.1, 0.15) is 5.82 Å². The first-order valence-electron chi connectivity index (χ1n) is 6.79. The maximum Gasteiger partial charge on any atom is 0.126 e. The minimum absolute atomic E-state index is 0.0429. The summed E-state index contributed by atoms with van der Waals surface area (Å²) in [5.74, 6) is -0.205. The zero-order chi connectivity index (χ0) is 15.4. The van der Waals surface area contributed by atoms with E-state index in [1.54, 1.807) is 25.1 Å². The minimum atomic E-state index is -0.205. The van der Waals surface area contributed by atoms with Crippen LogP contribution in [0.1, 0.15) is 29.7 Å². The SMILES string of the molecule is Cc1ccc(C(C)Nc2ccc(N)c(CC#N)c2)cc1F. The van der Waals surface area contributed by atoms with Gasteiger partial charge in [-0.05, 0) is 54.8 Å². The average Bonchev–Trinajstić information content (AvgIpc) is 2.45. The van der Waals surface area contributed by atoms with Gasteiger partial charge in [0.05, 0.1) is 12.5 Å². The predicted octanol–water partition coefficient (Wildman–Crippen LogP) is 3.96. The van der Waals surface area contributed by atoms with Gasteiger partial charge in [-0.3, -0.25) is 0 Å². The van der Waals surface area contributed by atoms with Crippen molar-refractivity contribution in [1.82, 2.24) is 0 Å². The molecule has 0 bridgehead atoms. The highest BCUT2D eigenvalue weighted by Gasteiger charge is 2.09. The molecule has 0 radical (unpaired) electrons. The van der Waals surface area contributed by atoms with Gasteiger partial charge in [-0.2, -0.15) is 5.26 Å². The van der Waals surface area contributed by atoms with Crippen molar-refractivity contribution in [3.63, 3.8) is 0 Å². The number of nitrogens with zero attached hydrogens (tertiary/aromatic N) is 1. The largest absolute Gasteiger partial charge is 0.398 e. The Morgan fingerprint density at radius 2 is 2.05 bits per heavy atom. The molecule has 0 spiro atoms. The van der Waals surface area contributed by atoms with Gasteiger partial charge < -0.3 is 11.1 Å². The highest BCUT2D eigenvalue weighted by Crippen LogP contribution is 2.24. The summed E-state index contributed by atoms with van der Waals surface area (Å²) >= 11 is 0. The molecule has 2 rings (SSSR count). The summed E-state index contributed by atoms with van der Waals surface area (Å²) in [6.45, 7) is 3.70. The molecule has 0 aliphatic rings. The predicted molar refractivity (Wildman–Crippen MR) is 83.3 cm³/mol. The second-order valence-corrected chi connectivity index (χ2v) is 5.12. The Hall–Kier alpha value is -2.54. The van der Waals surface area contributed by atoms with E-state index in [1.165, 1.54) is 0 Å². The molecule has 0 amide bonds. The van der Waals surface area contributed by atoms with Gasteiger partial charge in [0, 0.05) is 17.4 Å². The first-order chi connectivity index (χ1) is 10.0. The Balaban J connectivity index is 2.19. The number of anilines is 2. The number of benzene rings is 2. The van der Waals surface area contributed by atoms with Gasteiger partial charge in [-0.15, -0.1) is 0 Å². The number of nitrogens with one attached hydrogen (secondary N) is 1. The maximum absolute atomic E-state index is 13.6. The number of halogens is 1. The second-order valence-electron chi connectivity index (χ2n) is 5.12. The summed E-state index contributed by atoms with van der Waals surface area (Å²) in [6.07, 6.45) is 0.273. The van der Waals surface area contributed by atoms with Crippen molar-refractivity contribution in [2.45, 2.75) is 26.3 Å². The van der Waals surface area contributed by atoms with E-state index < -0.39 is 0 Å².